The number of aromatic nitrogens is 1. The van der Waals surface area contributed by atoms with Crippen LogP contribution < -0.4 is 5.32 Å². The molecule has 2 aromatic rings. The Hall–Kier alpha value is -2.47. The predicted molar refractivity (Wildman–Crippen MR) is 132 cm³/mol. The molecule has 35 heavy (non-hydrogen) atoms. The summed E-state index contributed by atoms with van der Waals surface area (Å²) in [5, 5.41) is 3.35. The highest BCUT2D eigenvalue weighted by Crippen LogP contribution is 2.55. The SMILES string of the molecule is C[C@H]1CN(C(=O)C2(NC(=O)OC(C)(C)C)CC2)CCCN1S(O)(O)c1cccc2cncc(F)c12. The Kier molecular flexibility index (Phi) is 6.73. The van der Waals surface area contributed by atoms with Crippen LogP contribution in [-0.4, -0.2) is 72.1 Å². The number of ether oxygens (including phenoxy) is 1. The summed E-state index contributed by atoms with van der Waals surface area (Å²) >= 11 is 0. The lowest BCUT2D eigenvalue weighted by atomic mass is 10.2. The summed E-state index contributed by atoms with van der Waals surface area (Å²) in [7, 11) is -3.55. The molecule has 1 saturated heterocycles. The van der Waals surface area contributed by atoms with Crippen LogP contribution >= 0.6 is 10.8 Å². The quantitative estimate of drug-likeness (QED) is 0.561. The van der Waals surface area contributed by atoms with E-state index in [0.717, 1.165) is 6.20 Å². The van der Waals surface area contributed by atoms with Gasteiger partial charge < -0.3 is 15.0 Å². The first-order chi connectivity index (χ1) is 16.3. The molecule has 1 aromatic carbocycles. The van der Waals surface area contributed by atoms with E-state index in [1.165, 1.54) is 12.3 Å². The minimum absolute atomic E-state index is 0.104. The predicted octanol–water partition coefficient (Wildman–Crippen LogP) is 4.38. The van der Waals surface area contributed by atoms with Gasteiger partial charge in [-0.15, -0.1) is 10.8 Å². The van der Waals surface area contributed by atoms with Crippen molar-refractivity contribution in [2.75, 3.05) is 19.6 Å². The van der Waals surface area contributed by atoms with Crippen LogP contribution in [0.2, 0.25) is 0 Å². The second-order valence-corrected chi connectivity index (χ2v) is 12.2. The number of rotatable bonds is 4. The average molecular weight is 509 g/mol. The summed E-state index contributed by atoms with van der Waals surface area (Å²) in [4.78, 5) is 31.3. The van der Waals surface area contributed by atoms with Crippen LogP contribution in [0.3, 0.4) is 0 Å². The van der Waals surface area contributed by atoms with Gasteiger partial charge in [-0.2, -0.15) is 4.31 Å². The zero-order valence-electron chi connectivity index (χ0n) is 20.5. The fourth-order valence-corrected chi connectivity index (χ4v) is 6.49. The molecule has 3 N–H and O–H groups in total. The minimum atomic E-state index is -3.55. The van der Waals surface area contributed by atoms with Crippen molar-refractivity contribution >= 4 is 33.5 Å². The number of halogens is 1. The molecule has 1 aromatic heterocycles. The summed E-state index contributed by atoms with van der Waals surface area (Å²) < 4.78 is 44.2. The Bertz CT molecular complexity index is 1130. The van der Waals surface area contributed by atoms with Crippen LogP contribution in [0.15, 0.2) is 35.5 Å². The summed E-state index contributed by atoms with van der Waals surface area (Å²) in [6.07, 6.45) is 3.45. The van der Waals surface area contributed by atoms with Gasteiger partial charge in [0.05, 0.1) is 11.1 Å². The number of nitrogens with zero attached hydrogens (tertiary/aromatic N) is 3. The Morgan fingerprint density at radius 1 is 1.23 bits per heavy atom. The van der Waals surface area contributed by atoms with Crippen LogP contribution in [0, 0.1) is 5.82 Å². The molecule has 1 saturated carbocycles. The molecule has 0 spiro atoms. The second-order valence-electron chi connectivity index (χ2n) is 10.3. The lowest BCUT2D eigenvalue weighted by molar-refractivity contribution is -0.134. The van der Waals surface area contributed by atoms with Crippen molar-refractivity contribution in [2.45, 2.75) is 69.0 Å². The summed E-state index contributed by atoms with van der Waals surface area (Å²) in [6, 6.07) is 4.41. The molecule has 1 aliphatic carbocycles. The number of hydrogen-bond donors (Lipinski definition) is 3. The summed E-state index contributed by atoms with van der Waals surface area (Å²) in [5.74, 6) is -0.822. The molecule has 0 unspecified atom stereocenters. The Morgan fingerprint density at radius 3 is 2.60 bits per heavy atom. The van der Waals surface area contributed by atoms with Crippen molar-refractivity contribution in [1.82, 2.24) is 19.5 Å². The smallest absolute Gasteiger partial charge is 0.408 e. The average Bonchev–Trinajstić information content (AvgIpc) is 3.56. The number of fused-ring (bicyclic) bond motifs is 1. The third-order valence-electron chi connectivity index (χ3n) is 6.29. The number of alkyl carbamates (subject to hydrolysis) is 1. The number of pyridine rings is 1. The Labute approximate surface area is 206 Å². The second kappa shape index (κ2) is 9.20. The largest absolute Gasteiger partial charge is 0.444 e. The van der Waals surface area contributed by atoms with Gasteiger partial charge in [0.25, 0.3) is 0 Å². The molecule has 2 heterocycles. The highest BCUT2D eigenvalue weighted by atomic mass is 32.3. The number of carbonyl (C=O) groups excluding carboxylic acids is 2. The van der Waals surface area contributed by atoms with Crippen molar-refractivity contribution in [3.05, 3.63) is 36.4 Å². The first-order valence-electron chi connectivity index (χ1n) is 11.7. The molecule has 1 atom stereocenters. The molecule has 9 nitrogen and oxygen atoms in total. The van der Waals surface area contributed by atoms with Gasteiger partial charge in [0, 0.05) is 42.6 Å². The van der Waals surface area contributed by atoms with E-state index in [2.05, 4.69) is 10.3 Å². The number of nitrogens with one attached hydrogen (secondary N) is 1. The van der Waals surface area contributed by atoms with Gasteiger partial charge in [0.1, 0.15) is 11.1 Å². The number of benzene rings is 1. The van der Waals surface area contributed by atoms with E-state index in [0.29, 0.717) is 37.7 Å². The monoisotopic (exact) mass is 508 g/mol. The van der Waals surface area contributed by atoms with Crippen LogP contribution in [0.25, 0.3) is 10.8 Å². The molecular formula is C24H33FN4O5S. The first kappa shape index (κ1) is 25.6. The normalized spacial score (nSPS) is 21.3. The molecule has 2 fully saturated rings. The van der Waals surface area contributed by atoms with E-state index in [-0.39, 0.29) is 22.7 Å². The topological polar surface area (TPSA) is 115 Å². The molecular weight excluding hydrogens is 475 g/mol. The Morgan fingerprint density at radius 2 is 1.94 bits per heavy atom. The lowest BCUT2D eigenvalue weighted by Gasteiger charge is -2.46. The van der Waals surface area contributed by atoms with Crippen LogP contribution in [0.5, 0.6) is 0 Å². The maximum atomic E-state index is 14.6. The Balaban J connectivity index is 1.52. The minimum Gasteiger partial charge on any atom is -0.444 e. The van der Waals surface area contributed by atoms with E-state index in [9.17, 15) is 23.1 Å². The molecule has 0 bridgehead atoms. The fraction of sp³-hybridized carbons (Fsp3) is 0.542. The maximum Gasteiger partial charge on any atom is 0.408 e. The van der Waals surface area contributed by atoms with E-state index < -0.39 is 39.9 Å². The van der Waals surface area contributed by atoms with Crippen molar-refractivity contribution in [2.24, 2.45) is 0 Å². The highest BCUT2D eigenvalue weighted by molar-refractivity contribution is 8.22. The van der Waals surface area contributed by atoms with Crippen molar-refractivity contribution in [3.63, 3.8) is 0 Å². The molecule has 11 heteroatoms. The molecule has 2 amide bonds. The third-order valence-corrected chi connectivity index (χ3v) is 8.42. The summed E-state index contributed by atoms with van der Waals surface area (Å²) in [5.41, 5.74) is -1.66. The third kappa shape index (κ3) is 5.23. The van der Waals surface area contributed by atoms with Crippen molar-refractivity contribution < 1.29 is 27.8 Å². The number of amides is 2. The van der Waals surface area contributed by atoms with Crippen molar-refractivity contribution in [1.29, 1.82) is 0 Å². The fourth-order valence-electron chi connectivity index (χ4n) is 4.53. The van der Waals surface area contributed by atoms with E-state index in [1.807, 2.05) is 6.92 Å². The zero-order valence-corrected chi connectivity index (χ0v) is 21.3. The lowest BCUT2D eigenvalue weighted by Crippen LogP contribution is -2.53. The van der Waals surface area contributed by atoms with Gasteiger partial charge in [0.2, 0.25) is 5.91 Å². The van der Waals surface area contributed by atoms with Gasteiger partial charge in [-0.25, -0.2) is 9.18 Å². The standard InChI is InChI=1S/C24H33FN4O5S/c1-16-15-28(21(30)24(9-10-24)27-22(31)34-23(2,3)4)11-6-12-29(16)35(32,33)19-8-5-7-17-13-26-14-18(25)20(17)19/h5,7-8,13-14,16,32-33H,6,9-12,15H2,1-4H3,(H,27,31)/t16-/m0/s1. The van der Waals surface area contributed by atoms with Gasteiger partial charge >= 0.3 is 6.09 Å². The first-order valence-corrected chi connectivity index (χ1v) is 13.2. The number of carbonyl (C=O) groups is 2. The molecule has 192 valence electrons. The maximum absolute atomic E-state index is 14.6. The molecule has 2 aliphatic rings. The molecule has 0 radical (unpaired) electrons. The van der Waals surface area contributed by atoms with Gasteiger partial charge in [-0.1, -0.05) is 12.1 Å². The van der Waals surface area contributed by atoms with E-state index >= 15 is 0 Å². The van der Waals surface area contributed by atoms with Gasteiger partial charge in [-0.3, -0.25) is 18.9 Å². The van der Waals surface area contributed by atoms with E-state index in [4.69, 9.17) is 4.74 Å². The molecule has 4 rings (SSSR count). The van der Waals surface area contributed by atoms with Gasteiger partial charge in [0.15, 0.2) is 5.82 Å². The van der Waals surface area contributed by atoms with Crippen molar-refractivity contribution in [3.8, 4) is 0 Å². The highest BCUT2D eigenvalue weighted by Gasteiger charge is 2.54. The van der Waals surface area contributed by atoms with E-state index in [1.54, 1.807) is 42.1 Å². The number of hydrogen-bond acceptors (Lipinski definition) is 7. The van der Waals surface area contributed by atoms with Crippen LogP contribution in [0.1, 0.15) is 47.0 Å². The van der Waals surface area contributed by atoms with Crippen LogP contribution in [0.4, 0.5) is 9.18 Å². The van der Waals surface area contributed by atoms with Gasteiger partial charge in [-0.05, 0) is 53.0 Å². The molecule has 1 aliphatic heterocycles. The zero-order chi connectivity index (χ0) is 25.6. The van der Waals surface area contributed by atoms with Crippen LogP contribution in [-0.2, 0) is 9.53 Å². The summed E-state index contributed by atoms with van der Waals surface area (Å²) in [6.45, 7) is 8.04.